The van der Waals surface area contributed by atoms with E-state index < -0.39 is 0 Å². The van der Waals surface area contributed by atoms with E-state index >= 15 is 0 Å². The standard InChI is InChI=1S/C10H16N4O/c1-2-9-3-6-13(7-9)10(15)8-14-11-4-5-12-14/h4-5,9H,2-3,6-8H2,1H3. The van der Waals surface area contributed by atoms with Gasteiger partial charge in [0.25, 0.3) is 0 Å². The molecule has 0 radical (unpaired) electrons. The maximum Gasteiger partial charge on any atom is 0.246 e. The normalized spacial score (nSPS) is 20.9. The number of nitrogens with zero attached hydrogens (tertiary/aromatic N) is 4. The molecule has 1 aliphatic rings. The largest absolute Gasteiger partial charge is 0.341 e. The molecular formula is C10H16N4O. The number of hydrogen-bond acceptors (Lipinski definition) is 3. The number of rotatable bonds is 3. The topological polar surface area (TPSA) is 51.0 Å². The Balaban J connectivity index is 1.87. The number of hydrogen-bond donors (Lipinski definition) is 0. The number of likely N-dealkylation sites (tertiary alicyclic amines) is 1. The minimum absolute atomic E-state index is 0.127. The second kappa shape index (κ2) is 4.42. The molecule has 1 aliphatic heterocycles. The molecule has 1 atom stereocenters. The predicted molar refractivity (Wildman–Crippen MR) is 55.0 cm³/mol. The van der Waals surface area contributed by atoms with E-state index in [2.05, 4.69) is 17.1 Å². The molecule has 5 heteroatoms. The monoisotopic (exact) mass is 208 g/mol. The van der Waals surface area contributed by atoms with Crippen molar-refractivity contribution < 1.29 is 4.79 Å². The minimum atomic E-state index is 0.127. The van der Waals surface area contributed by atoms with Gasteiger partial charge in [-0.05, 0) is 12.3 Å². The molecule has 0 saturated carbocycles. The zero-order valence-electron chi connectivity index (χ0n) is 8.96. The Bertz CT molecular complexity index is 322. The van der Waals surface area contributed by atoms with Gasteiger partial charge in [0.1, 0.15) is 6.54 Å². The lowest BCUT2D eigenvalue weighted by Crippen LogP contribution is -2.32. The summed E-state index contributed by atoms with van der Waals surface area (Å²) in [6.07, 6.45) is 5.47. The zero-order chi connectivity index (χ0) is 10.7. The van der Waals surface area contributed by atoms with Crippen LogP contribution in [-0.2, 0) is 11.3 Å². The van der Waals surface area contributed by atoms with Crippen LogP contribution in [0.1, 0.15) is 19.8 Å². The lowest BCUT2D eigenvalue weighted by atomic mass is 10.1. The first-order valence-corrected chi connectivity index (χ1v) is 5.41. The fourth-order valence-corrected chi connectivity index (χ4v) is 1.94. The van der Waals surface area contributed by atoms with Gasteiger partial charge in [0.05, 0.1) is 12.4 Å². The second-order valence-corrected chi connectivity index (χ2v) is 3.96. The van der Waals surface area contributed by atoms with Gasteiger partial charge < -0.3 is 4.90 Å². The van der Waals surface area contributed by atoms with Crippen molar-refractivity contribution in [1.29, 1.82) is 0 Å². The van der Waals surface area contributed by atoms with Crippen LogP contribution in [0.3, 0.4) is 0 Å². The highest BCUT2D eigenvalue weighted by Crippen LogP contribution is 2.18. The highest BCUT2D eigenvalue weighted by atomic mass is 16.2. The van der Waals surface area contributed by atoms with Crippen molar-refractivity contribution in [3.05, 3.63) is 12.4 Å². The van der Waals surface area contributed by atoms with E-state index in [-0.39, 0.29) is 12.5 Å². The zero-order valence-corrected chi connectivity index (χ0v) is 8.96. The Kier molecular flexibility index (Phi) is 2.99. The molecule has 0 bridgehead atoms. The molecule has 1 unspecified atom stereocenters. The third-order valence-electron chi connectivity index (χ3n) is 2.96. The summed E-state index contributed by atoms with van der Waals surface area (Å²) in [5.41, 5.74) is 0. The molecule has 1 fully saturated rings. The quantitative estimate of drug-likeness (QED) is 0.728. The van der Waals surface area contributed by atoms with Crippen LogP contribution in [0, 0.1) is 5.92 Å². The maximum atomic E-state index is 11.8. The van der Waals surface area contributed by atoms with Crippen molar-refractivity contribution in [2.75, 3.05) is 13.1 Å². The molecule has 1 aromatic rings. The molecule has 1 aromatic heterocycles. The van der Waals surface area contributed by atoms with E-state index in [1.165, 1.54) is 4.80 Å². The van der Waals surface area contributed by atoms with Gasteiger partial charge in [0.2, 0.25) is 5.91 Å². The van der Waals surface area contributed by atoms with Crippen LogP contribution in [0.2, 0.25) is 0 Å². The fraction of sp³-hybridized carbons (Fsp3) is 0.700. The van der Waals surface area contributed by atoms with Gasteiger partial charge >= 0.3 is 0 Å². The van der Waals surface area contributed by atoms with Gasteiger partial charge in [0, 0.05) is 13.1 Å². The Morgan fingerprint density at radius 1 is 1.47 bits per heavy atom. The lowest BCUT2D eigenvalue weighted by Gasteiger charge is -2.15. The molecule has 1 amide bonds. The van der Waals surface area contributed by atoms with Crippen molar-refractivity contribution in [2.24, 2.45) is 5.92 Å². The number of aromatic nitrogens is 3. The molecule has 0 aromatic carbocycles. The molecule has 0 N–H and O–H groups in total. The summed E-state index contributed by atoms with van der Waals surface area (Å²) in [4.78, 5) is 15.1. The number of carbonyl (C=O) groups excluding carboxylic acids is 1. The first-order chi connectivity index (χ1) is 7.29. The molecule has 1 saturated heterocycles. The first kappa shape index (κ1) is 10.1. The minimum Gasteiger partial charge on any atom is -0.341 e. The molecule has 0 spiro atoms. The van der Waals surface area contributed by atoms with Crippen molar-refractivity contribution in [3.8, 4) is 0 Å². The van der Waals surface area contributed by atoms with Gasteiger partial charge in [-0.15, -0.1) is 0 Å². The SMILES string of the molecule is CCC1CCN(C(=O)Cn2nccn2)C1. The van der Waals surface area contributed by atoms with E-state index in [9.17, 15) is 4.79 Å². The summed E-state index contributed by atoms with van der Waals surface area (Å²) >= 11 is 0. The summed E-state index contributed by atoms with van der Waals surface area (Å²) in [5.74, 6) is 0.807. The Morgan fingerprint density at radius 2 is 2.20 bits per heavy atom. The molecular weight excluding hydrogens is 192 g/mol. The van der Waals surface area contributed by atoms with Crippen LogP contribution >= 0.6 is 0 Å². The van der Waals surface area contributed by atoms with E-state index in [1.54, 1.807) is 12.4 Å². The third kappa shape index (κ3) is 2.34. The van der Waals surface area contributed by atoms with E-state index in [1.807, 2.05) is 4.90 Å². The summed E-state index contributed by atoms with van der Waals surface area (Å²) in [6.45, 7) is 4.23. The molecule has 2 rings (SSSR count). The van der Waals surface area contributed by atoms with Crippen LogP contribution in [-0.4, -0.2) is 38.9 Å². The molecule has 2 heterocycles. The summed E-state index contributed by atoms with van der Waals surface area (Å²) < 4.78 is 0. The molecule has 5 nitrogen and oxygen atoms in total. The first-order valence-electron chi connectivity index (χ1n) is 5.41. The second-order valence-electron chi connectivity index (χ2n) is 3.96. The summed E-state index contributed by atoms with van der Waals surface area (Å²) in [5, 5.41) is 7.85. The van der Waals surface area contributed by atoms with Gasteiger partial charge in [-0.3, -0.25) is 4.79 Å². The third-order valence-corrected chi connectivity index (χ3v) is 2.96. The van der Waals surface area contributed by atoms with Crippen molar-refractivity contribution >= 4 is 5.91 Å². The maximum absolute atomic E-state index is 11.8. The molecule has 0 aliphatic carbocycles. The molecule has 15 heavy (non-hydrogen) atoms. The number of carbonyl (C=O) groups is 1. The summed E-state index contributed by atoms with van der Waals surface area (Å²) in [6, 6.07) is 0. The van der Waals surface area contributed by atoms with Gasteiger partial charge in [-0.1, -0.05) is 13.3 Å². The van der Waals surface area contributed by atoms with Crippen LogP contribution < -0.4 is 0 Å². The van der Waals surface area contributed by atoms with E-state index in [4.69, 9.17) is 0 Å². The van der Waals surface area contributed by atoms with Gasteiger partial charge in [0.15, 0.2) is 0 Å². The Hall–Kier alpha value is -1.39. The van der Waals surface area contributed by atoms with Crippen LogP contribution in [0.15, 0.2) is 12.4 Å². The van der Waals surface area contributed by atoms with Crippen molar-refractivity contribution in [1.82, 2.24) is 19.9 Å². The number of amides is 1. The van der Waals surface area contributed by atoms with Crippen LogP contribution in [0.5, 0.6) is 0 Å². The average Bonchev–Trinajstić information content (AvgIpc) is 2.86. The average molecular weight is 208 g/mol. The Labute approximate surface area is 89.1 Å². The molecule has 82 valence electrons. The van der Waals surface area contributed by atoms with Gasteiger partial charge in [-0.2, -0.15) is 15.0 Å². The predicted octanol–water partition coefficient (Wildman–Crippen LogP) is 0.537. The van der Waals surface area contributed by atoms with Gasteiger partial charge in [-0.25, -0.2) is 0 Å². The fourth-order valence-electron chi connectivity index (χ4n) is 1.94. The Morgan fingerprint density at radius 3 is 2.80 bits per heavy atom. The van der Waals surface area contributed by atoms with Crippen molar-refractivity contribution in [3.63, 3.8) is 0 Å². The smallest absolute Gasteiger partial charge is 0.246 e. The van der Waals surface area contributed by atoms with Crippen LogP contribution in [0.4, 0.5) is 0 Å². The summed E-state index contributed by atoms with van der Waals surface area (Å²) in [7, 11) is 0. The van der Waals surface area contributed by atoms with E-state index in [0.29, 0.717) is 5.92 Å². The lowest BCUT2D eigenvalue weighted by molar-refractivity contribution is -0.131. The van der Waals surface area contributed by atoms with Crippen molar-refractivity contribution in [2.45, 2.75) is 26.3 Å². The highest BCUT2D eigenvalue weighted by Gasteiger charge is 2.25. The van der Waals surface area contributed by atoms with E-state index in [0.717, 1.165) is 25.9 Å². The van der Waals surface area contributed by atoms with Crippen LogP contribution in [0.25, 0.3) is 0 Å². The highest BCUT2D eigenvalue weighted by molar-refractivity contribution is 5.76.